The molecular weight excluding hydrogens is 593 g/mol. The van der Waals surface area contributed by atoms with Gasteiger partial charge in [0.1, 0.15) is 27.1 Å². The van der Waals surface area contributed by atoms with Crippen LogP contribution in [0.1, 0.15) is 76.3 Å². The maximum Gasteiger partial charge on any atom is 0.276 e. The van der Waals surface area contributed by atoms with E-state index in [0.29, 0.717) is 22.6 Å². The molecule has 0 bridgehead atoms. The number of pyridine rings is 4. The van der Waals surface area contributed by atoms with Crippen molar-refractivity contribution in [3.8, 4) is 22.8 Å². The van der Waals surface area contributed by atoms with E-state index < -0.39 is 0 Å². The Kier molecular flexibility index (Phi) is 8.96. The third kappa shape index (κ3) is 6.09. The first kappa shape index (κ1) is 30.0. The molecule has 6 heterocycles. The fourth-order valence-electron chi connectivity index (χ4n) is 6.68. The van der Waals surface area contributed by atoms with Crippen LogP contribution >= 0.6 is 12.2 Å². The number of fused-ring (bicyclic) bond motifs is 2. The normalized spacial score (nSPS) is 15.8. The molecule has 2 aliphatic rings. The quantitative estimate of drug-likeness (QED) is 0.181. The van der Waals surface area contributed by atoms with Crippen LogP contribution in [-0.4, -0.2) is 39.5 Å². The molecule has 0 aliphatic heterocycles. The molecule has 2 saturated carbocycles. The third-order valence-electron chi connectivity index (χ3n) is 9.01. The molecule has 0 N–H and O–H groups in total. The highest BCUT2D eigenvalue weighted by atomic mass is 32.1. The minimum absolute atomic E-state index is 0.0420. The molecule has 6 aromatic heterocycles. The molecule has 0 spiro atoms. The average Bonchev–Trinajstić information content (AvgIpc) is 3.14. The summed E-state index contributed by atoms with van der Waals surface area (Å²) in [5.41, 5.74) is 4.52. The minimum Gasteiger partial charge on any atom is -0.267 e. The Morgan fingerprint density at radius 2 is 1.02 bits per heavy atom. The van der Waals surface area contributed by atoms with Gasteiger partial charge in [-0.05, 0) is 74.2 Å². The first-order chi connectivity index (χ1) is 22.7. The summed E-state index contributed by atoms with van der Waals surface area (Å²) in [6, 6.07) is 19.8. The zero-order chi connectivity index (χ0) is 31.3. The maximum atomic E-state index is 12.9. The van der Waals surface area contributed by atoms with Crippen LogP contribution in [-0.2, 0) is 0 Å². The van der Waals surface area contributed by atoms with E-state index in [1.807, 2.05) is 59.3 Å². The molecule has 2 fully saturated rings. The molecule has 10 heteroatoms. The van der Waals surface area contributed by atoms with Crippen molar-refractivity contribution < 1.29 is 0 Å². The highest BCUT2D eigenvalue weighted by Gasteiger charge is 2.22. The van der Waals surface area contributed by atoms with Crippen LogP contribution in [0.4, 0.5) is 0 Å². The fourth-order valence-corrected chi connectivity index (χ4v) is 7.03. The molecule has 0 unspecified atom stereocenters. The van der Waals surface area contributed by atoms with Crippen LogP contribution in [0.3, 0.4) is 0 Å². The lowest BCUT2D eigenvalue weighted by Crippen LogP contribution is -2.29. The van der Waals surface area contributed by atoms with Crippen LogP contribution in [0.15, 0.2) is 90.2 Å². The summed E-state index contributed by atoms with van der Waals surface area (Å²) in [6.45, 7) is 0. The van der Waals surface area contributed by atoms with E-state index >= 15 is 0 Å². The average molecular weight is 629 g/mol. The van der Waals surface area contributed by atoms with Gasteiger partial charge in [0.25, 0.3) is 5.56 Å². The Labute approximate surface area is 272 Å². The number of hydrogen-bond acceptors (Lipinski definition) is 8. The van der Waals surface area contributed by atoms with E-state index in [1.54, 1.807) is 35.5 Å². The van der Waals surface area contributed by atoms with E-state index in [-0.39, 0.29) is 11.6 Å². The number of aromatic nitrogens is 8. The van der Waals surface area contributed by atoms with Gasteiger partial charge in [-0.1, -0.05) is 62.9 Å². The Bertz CT molecular complexity index is 1920. The fraction of sp³-hybridized carbons (Fsp3) is 0.333. The van der Waals surface area contributed by atoms with Crippen LogP contribution in [0, 0.1) is 4.64 Å². The second-order valence-electron chi connectivity index (χ2n) is 12.0. The summed E-state index contributed by atoms with van der Waals surface area (Å²) in [5, 5.41) is 11.2. The number of hydrogen-bond donors (Lipinski definition) is 0. The van der Waals surface area contributed by atoms with E-state index in [2.05, 4.69) is 25.0 Å². The van der Waals surface area contributed by atoms with E-state index in [4.69, 9.17) is 17.3 Å². The zero-order valence-corrected chi connectivity index (χ0v) is 26.5. The first-order valence-corrected chi connectivity index (χ1v) is 16.7. The lowest BCUT2D eigenvalue weighted by atomic mass is 9.95. The highest BCUT2D eigenvalue weighted by Crippen LogP contribution is 2.32. The van der Waals surface area contributed by atoms with E-state index in [0.717, 1.165) is 71.2 Å². The van der Waals surface area contributed by atoms with Gasteiger partial charge < -0.3 is 0 Å². The van der Waals surface area contributed by atoms with Gasteiger partial charge in [-0.15, -0.1) is 0 Å². The minimum atomic E-state index is -0.0420. The van der Waals surface area contributed by atoms with Crippen LogP contribution in [0.2, 0.25) is 0 Å². The predicted molar refractivity (Wildman–Crippen MR) is 183 cm³/mol. The van der Waals surface area contributed by atoms with Gasteiger partial charge in [-0.3, -0.25) is 29.4 Å². The van der Waals surface area contributed by atoms with Crippen molar-refractivity contribution in [2.24, 2.45) is 0 Å². The lowest BCUT2D eigenvalue weighted by molar-refractivity contribution is 0.321. The zero-order valence-electron chi connectivity index (χ0n) is 25.7. The van der Waals surface area contributed by atoms with Gasteiger partial charge in [0.2, 0.25) is 0 Å². The van der Waals surface area contributed by atoms with Gasteiger partial charge in [0.05, 0.1) is 28.9 Å². The van der Waals surface area contributed by atoms with E-state index in [1.165, 1.54) is 25.7 Å². The molecule has 0 saturated heterocycles. The summed E-state index contributed by atoms with van der Waals surface area (Å²) in [4.78, 5) is 30.6. The Hall–Kier alpha value is -4.70. The van der Waals surface area contributed by atoms with E-state index in [9.17, 15) is 4.79 Å². The lowest BCUT2D eigenvalue weighted by Gasteiger charge is -2.24. The molecule has 0 aromatic carbocycles. The summed E-state index contributed by atoms with van der Waals surface area (Å²) < 4.78 is 4.51. The van der Waals surface area contributed by atoms with Crippen molar-refractivity contribution in [2.75, 3.05) is 0 Å². The monoisotopic (exact) mass is 628 g/mol. The van der Waals surface area contributed by atoms with Gasteiger partial charge in [-0.25, -0.2) is 4.68 Å². The molecule has 9 nitrogen and oxygen atoms in total. The van der Waals surface area contributed by atoms with Crippen molar-refractivity contribution in [3.05, 3.63) is 100 Å². The topological polar surface area (TPSA) is 104 Å². The second kappa shape index (κ2) is 13.7. The SMILES string of the molecule is O=c1c2cccnc2c(-c2ccccn2)nn1C1CCCCC1.S=c1c2cccnc2c(-c2ccccn2)nn1C1CCCCC1. The van der Waals surface area contributed by atoms with Gasteiger partial charge >= 0.3 is 0 Å². The first-order valence-electron chi connectivity index (χ1n) is 16.3. The third-order valence-corrected chi connectivity index (χ3v) is 9.42. The Morgan fingerprint density at radius 1 is 0.543 bits per heavy atom. The summed E-state index contributed by atoms with van der Waals surface area (Å²) >= 11 is 5.72. The molecule has 232 valence electrons. The summed E-state index contributed by atoms with van der Waals surface area (Å²) in [5.74, 6) is 0. The van der Waals surface area contributed by atoms with Gasteiger partial charge in [0, 0.05) is 30.2 Å². The molecule has 0 amide bonds. The smallest absolute Gasteiger partial charge is 0.267 e. The Balaban J connectivity index is 0.000000147. The van der Waals surface area contributed by atoms with Crippen LogP contribution < -0.4 is 5.56 Å². The molecular formula is C36H36N8OS. The van der Waals surface area contributed by atoms with Gasteiger partial charge in [-0.2, -0.15) is 10.2 Å². The summed E-state index contributed by atoms with van der Waals surface area (Å²) in [7, 11) is 0. The van der Waals surface area contributed by atoms with Crippen molar-refractivity contribution >= 4 is 34.0 Å². The molecule has 0 atom stereocenters. The molecule has 8 rings (SSSR count). The van der Waals surface area contributed by atoms with Crippen LogP contribution in [0.5, 0.6) is 0 Å². The second-order valence-corrected chi connectivity index (χ2v) is 12.4. The van der Waals surface area contributed by atoms with Crippen molar-refractivity contribution in [3.63, 3.8) is 0 Å². The molecule has 6 aromatic rings. The summed E-state index contributed by atoms with van der Waals surface area (Å²) in [6.07, 6.45) is 18.7. The number of nitrogens with zero attached hydrogens (tertiary/aromatic N) is 8. The number of rotatable bonds is 4. The van der Waals surface area contributed by atoms with Gasteiger partial charge in [0.15, 0.2) is 0 Å². The van der Waals surface area contributed by atoms with Crippen molar-refractivity contribution in [1.29, 1.82) is 0 Å². The maximum absolute atomic E-state index is 12.9. The predicted octanol–water partition coefficient (Wildman–Crippen LogP) is 8.09. The van der Waals surface area contributed by atoms with Crippen molar-refractivity contribution in [1.82, 2.24) is 39.5 Å². The standard InChI is InChI=1S/C18H18N4O.C18H18N4S/c2*23-18-14-9-6-12-20-16(14)17(15-10-4-5-11-19-15)21-22(18)13-7-2-1-3-8-13/h2*4-6,9-13H,1-3,7-8H2. The molecule has 0 radical (unpaired) electrons. The highest BCUT2D eigenvalue weighted by molar-refractivity contribution is 7.71. The molecule has 2 aliphatic carbocycles. The largest absolute Gasteiger partial charge is 0.276 e. The Morgan fingerprint density at radius 3 is 1.57 bits per heavy atom. The van der Waals surface area contributed by atoms with Crippen molar-refractivity contribution in [2.45, 2.75) is 76.3 Å². The molecule has 46 heavy (non-hydrogen) atoms. The van der Waals surface area contributed by atoms with Crippen LogP contribution in [0.25, 0.3) is 44.6 Å².